The van der Waals surface area contributed by atoms with E-state index in [-0.39, 0.29) is 17.1 Å². The van der Waals surface area contributed by atoms with Crippen molar-refractivity contribution in [2.24, 2.45) is 5.73 Å². The van der Waals surface area contributed by atoms with Crippen molar-refractivity contribution < 1.29 is 9.31 Å². The lowest BCUT2D eigenvalue weighted by molar-refractivity contribution is 0.00578. The monoisotopic (exact) mass is 389 g/mol. The van der Waals surface area contributed by atoms with E-state index in [9.17, 15) is 0 Å². The summed E-state index contributed by atoms with van der Waals surface area (Å²) in [5.74, 6) is -0.314. The molecule has 19 heavy (non-hydrogen) atoms. The Hall–Kier alpha value is 0.125. The molecular formula is C13H18BBr2NO2. The Labute approximate surface area is 131 Å². The van der Waals surface area contributed by atoms with Crippen LogP contribution in [-0.4, -0.2) is 18.3 Å². The Morgan fingerprint density at radius 2 is 1.58 bits per heavy atom. The third-order valence-corrected chi connectivity index (χ3v) is 5.77. The van der Waals surface area contributed by atoms with Gasteiger partial charge in [-0.25, -0.2) is 0 Å². The first kappa shape index (κ1) is 15.5. The predicted molar refractivity (Wildman–Crippen MR) is 84.9 cm³/mol. The van der Waals surface area contributed by atoms with E-state index in [2.05, 4.69) is 31.9 Å². The van der Waals surface area contributed by atoms with Gasteiger partial charge in [0.25, 0.3) is 0 Å². The molecule has 0 radical (unpaired) electrons. The Morgan fingerprint density at radius 3 is 2.05 bits per heavy atom. The van der Waals surface area contributed by atoms with E-state index in [1.807, 2.05) is 45.9 Å². The van der Waals surface area contributed by atoms with Crippen LogP contribution in [0.25, 0.3) is 0 Å². The summed E-state index contributed by atoms with van der Waals surface area (Å²) in [6, 6.07) is 5.93. The molecule has 1 fully saturated rings. The predicted octanol–water partition coefficient (Wildman–Crippen LogP) is 3.84. The molecule has 0 unspecified atom stereocenters. The van der Waals surface area contributed by atoms with Crippen LogP contribution in [0.5, 0.6) is 0 Å². The zero-order valence-electron chi connectivity index (χ0n) is 11.5. The Kier molecular flexibility index (Phi) is 4.21. The quantitative estimate of drug-likeness (QED) is 0.780. The third kappa shape index (κ3) is 2.93. The molecule has 0 aromatic heterocycles. The third-order valence-electron chi connectivity index (χ3n) is 3.89. The van der Waals surface area contributed by atoms with Crippen molar-refractivity contribution in [3.63, 3.8) is 0 Å². The fourth-order valence-electron chi connectivity index (χ4n) is 1.91. The fraction of sp³-hybridized carbons (Fsp3) is 0.538. The lowest BCUT2D eigenvalue weighted by atomic mass is 9.75. The van der Waals surface area contributed by atoms with Gasteiger partial charge in [0.2, 0.25) is 0 Å². The molecule has 1 saturated heterocycles. The molecule has 1 aliphatic heterocycles. The fourth-order valence-corrected chi connectivity index (χ4v) is 2.56. The lowest BCUT2D eigenvalue weighted by Gasteiger charge is -2.32. The zero-order valence-corrected chi connectivity index (χ0v) is 14.7. The van der Waals surface area contributed by atoms with E-state index in [4.69, 9.17) is 15.0 Å². The number of halogens is 2. The van der Waals surface area contributed by atoms with Crippen LogP contribution in [0.15, 0.2) is 27.1 Å². The van der Waals surface area contributed by atoms with Crippen LogP contribution >= 0.6 is 31.9 Å². The molecule has 1 aliphatic rings. The van der Waals surface area contributed by atoms with Crippen molar-refractivity contribution in [3.05, 3.63) is 32.7 Å². The van der Waals surface area contributed by atoms with Gasteiger partial charge in [-0.2, -0.15) is 0 Å². The maximum Gasteiger partial charge on any atom is 0.480 e. The summed E-state index contributed by atoms with van der Waals surface area (Å²) in [5.41, 5.74) is 6.54. The summed E-state index contributed by atoms with van der Waals surface area (Å²) in [7, 11) is -0.432. The minimum atomic E-state index is -0.432. The first-order chi connectivity index (χ1) is 8.64. The molecule has 0 bridgehead atoms. The Bertz CT molecular complexity index is 478. The van der Waals surface area contributed by atoms with Gasteiger partial charge in [-0.05, 0) is 77.3 Å². The summed E-state index contributed by atoms with van der Waals surface area (Å²) < 4.78 is 13.9. The molecule has 104 valence electrons. The van der Waals surface area contributed by atoms with Crippen LogP contribution < -0.4 is 5.73 Å². The topological polar surface area (TPSA) is 44.5 Å². The van der Waals surface area contributed by atoms with Crippen LogP contribution in [0.1, 0.15) is 39.2 Å². The summed E-state index contributed by atoms with van der Waals surface area (Å²) in [4.78, 5) is 0. The molecule has 2 rings (SSSR count). The Morgan fingerprint density at radius 1 is 1.05 bits per heavy atom. The van der Waals surface area contributed by atoms with E-state index < -0.39 is 7.12 Å². The van der Waals surface area contributed by atoms with Gasteiger partial charge in [-0.3, -0.25) is 0 Å². The van der Waals surface area contributed by atoms with Gasteiger partial charge in [0.05, 0.1) is 17.1 Å². The maximum atomic E-state index is 6.28. The molecule has 1 atom stereocenters. The van der Waals surface area contributed by atoms with E-state index in [0.29, 0.717) is 0 Å². The van der Waals surface area contributed by atoms with Gasteiger partial charge >= 0.3 is 7.12 Å². The van der Waals surface area contributed by atoms with Crippen LogP contribution in [0, 0.1) is 0 Å². The normalized spacial score (nSPS) is 22.6. The van der Waals surface area contributed by atoms with Crippen LogP contribution in [-0.2, 0) is 9.31 Å². The highest BCUT2D eigenvalue weighted by Gasteiger charge is 2.53. The molecule has 0 saturated carbocycles. The highest BCUT2D eigenvalue weighted by Crippen LogP contribution is 2.40. The molecular weight excluding hydrogens is 373 g/mol. The van der Waals surface area contributed by atoms with Crippen molar-refractivity contribution in [1.82, 2.24) is 0 Å². The lowest BCUT2D eigenvalue weighted by Crippen LogP contribution is -2.41. The molecule has 1 aromatic rings. The molecule has 2 N–H and O–H groups in total. The van der Waals surface area contributed by atoms with Crippen molar-refractivity contribution >= 4 is 39.0 Å². The summed E-state index contributed by atoms with van der Waals surface area (Å²) in [6.45, 7) is 8.10. The van der Waals surface area contributed by atoms with Crippen LogP contribution in [0.2, 0.25) is 0 Å². The van der Waals surface area contributed by atoms with Gasteiger partial charge in [0.1, 0.15) is 0 Å². The van der Waals surface area contributed by atoms with Gasteiger partial charge < -0.3 is 15.0 Å². The Balaban J connectivity index is 2.22. The highest BCUT2D eigenvalue weighted by molar-refractivity contribution is 9.13. The van der Waals surface area contributed by atoms with E-state index in [1.165, 1.54) is 0 Å². The summed E-state index contributed by atoms with van der Waals surface area (Å²) in [6.07, 6.45) is 0. The minimum Gasteiger partial charge on any atom is -0.402 e. The summed E-state index contributed by atoms with van der Waals surface area (Å²) >= 11 is 6.93. The van der Waals surface area contributed by atoms with E-state index >= 15 is 0 Å². The van der Waals surface area contributed by atoms with Gasteiger partial charge in [0.15, 0.2) is 0 Å². The second-order valence-electron chi connectivity index (χ2n) is 5.82. The molecule has 3 nitrogen and oxygen atoms in total. The minimum absolute atomic E-state index is 0.314. The SMILES string of the molecule is CC1(C)OB([C@H](N)c2ccc(Br)c(Br)c2)OC1(C)C. The van der Waals surface area contributed by atoms with Crippen molar-refractivity contribution in [2.45, 2.75) is 44.8 Å². The zero-order chi connectivity index (χ0) is 14.4. The van der Waals surface area contributed by atoms with E-state index in [1.54, 1.807) is 0 Å². The van der Waals surface area contributed by atoms with Gasteiger partial charge in [0, 0.05) is 8.95 Å². The van der Waals surface area contributed by atoms with Crippen LogP contribution in [0.3, 0.4) is 0 Å². The first-order valence-electron chi connectivity index (χ1n) is 6.20. The number of hydrogen-bond donors (Lipinski definition) is 1. The average molecular weight is 391 g/mol. The van der Waals surface area contributed by atoms with E-state index in [0.717, 1.165) is 14.5 Å². The molecule has 0 amide bonds. The molecule has 0 aliphatic carbocycles. The summed E-state index contributed by atoms with van der Waals surface area (Å²) in [5, 5.41) is 0. The number of rotatable bonds is 2. The van der Waals surface area contributed by atoms with Crippen molar-refractivity contribution in [1.29, 1.82) is 0 Å². The van der Waals surface area contributed by atoms with Crippen LogP contribution in [0.4, 0.5) is 0 Å². The highest BCUT2D eigenvalue weighted by atomic mass is 79.9. The maximum absolute atomic E-state index is 6.28. The molecule has 1 heterocycles. The van der Waals surface area contributed by atoms with Gasteiger partial charge in [-0.1, -0.05) is 6.07 Å². The van der Waals surface area contributed by atoms with Crippen molar-refractivity contribution in [3.8, 4) is 0 Å². The smallest absolute Gasteiger partial charge is 0.402 e. The number of nitrogens with two attached hydrogens (primary N) is 1. The standard InChI is InChI=1S/C13H18BBr2NO2/c1-12(2)13(3,4)19-14(18-12)11(17)8-5-6-9(15)10(16)7-8/h5-7,11H,17H2,1-4H3/t11-/m1/s1. The second-order valence-corrected chi connectivity index (χ2v) is 7.53. The number of hydrogen-bond acceptors (Lipinski definition) is 3. The van der Waals surface area contributed by atoms with Gasteiger partial charge in [-0.15, -0.1) is 0 Å². The molecule has 0 spiro atoms. The second kappa shape index (κ2) is 5.15. The largest absolute Gasteiger partial charge is 0.480 e. The first-order valence-corrected chi connectivity index (χ1v) is 7.79. The molecule has 1 aromatic carbocycles. The molecule has 6 heteroatoms. The average Bonchev–Trinajstić information content (AvgIpc) is 2.51. The number of benzene rings is 1. The van der Waals surface area contributed by atoms with Crippen molar-refractivity contribution in [2.75, 3.05) is 0 Å².